The summed E-state index contributed by atoms with van der Waals surface area (Å²) in [4.78, 5) is 14.6. The molecule has 0 unspecified atom stereocenters. The summed E-state index contributed by atoms with van der Waals surface area (Å²) in [5.41, 5.74) is 1.16. The molecule has 1 aromatic carbocycles. The van der Waals surface area contributed by atoms with Crippen molar-refractivity contribution in [2.75, 3.05) is 0 Å². The van der Waals surface area contributed by atoms with Gasteiger partial charge in [-0.15, -0.1) is 0 Å². The maximum Gasteiger partial charge on any atom is 0.222 e. The molecule has 0 N–H and O–H groups in total. The smallest absolute Gasteiger partial charge is 0.222 e. The van der Waals surface area contributed by atoms with Gasteiger partial charge in [-0.3, -0.25) is 4.79 Å². The molecule has 0 saturated heterocycles. The van der Waals surface area contributed by atoms with Gasteiger partial charge < -0.3 is 4.74 Å². The highest BCUT2D eigenvalue weighted by Gasteiger charge is 2.08. The van der Waals surface area contributed by atoms with Gasteiger partial charge in [-0.1, -0.05) is 11.6 Å². The molecule has 0 radical (unpaired) electrons. The van der Waals surface area contributed by atoms with Gasteiger partial charge in [0.25, 0.3) is 0 Å². The van der Waals surface area contributed by atoms with E-state index in [9.17, 15) is 9.18 Å². The van der Waals surface area contributed by atoms with Crippen LogP contribution in [-0.4, -0.2) is 11.3 Å². The van der Waals surface area contributed by atoms with Crippen LogP contribution in [0.3, 0.4) is 0 Å². The molecule has 1 heterocycles. The molecule has 0 bridgehead atoms. The Balaban J connectivity index is 2.31. The first-order chi connectivity index (χ1) is 8.60. The zero-order valence-electron chi connectivity index (χ0n) is 9.48. The second-order valence-electron chi connectivity index (χ2n) is 3.69. The molecule has 0 saturated carbocycles. The van der Waals surface area contributed by atoms with E-state index in [1.54, 1.807) is 13.0 Å². The van der Waals surface area contributed by atoms with Crippen LogP contribution in [0.15, 0.2) is 30.5 Å². The number of rotatable bonds is 3. The van der Waals surface area contributed by atoms with Crippen molar-refractivity contribution < 1.29 is 13.9 Å². The molecule has 18 heavy (non-hydrogen) atoms. The highest BCUT2D eigenvalue weighted by Crippen LogP contribution is 2.30. The minimum atomic E-state index is -0.437. The molecule has 0 aliphatic carbocycles. The molecule has 92 valence electrons. The van der Waals surface area contributed by atoms with E-state index >= 15 is 0 Å². The molecular weight excluding hydrogens is 257 g/mol. The van der Waals surface area contributed by atoms with E-state index in [2.05, 4.69) is 4.98 Å². The predicted molar refractivity (Wildman–Crippen MR) is 65.8 cm³/mol. The number of aryl methyl sites for hydroxylation is 1. The number of nitrogens with zero attached hydrogens (tertiary/aromatic N) is 1. The molecule has 2 rings (SSSR count). The number of ether oxygens (including phenoxy) is 1. The Labute approximate surface area is 108 Å². The Morgan fingerprint density at radius 1 is 1.39 bits per heavy atom. The number of carbonyl (C=O) groups excluding carboxylic acids is 1. The van der Waals surface area contributed by atoms with Crippen LogP contribution in [0.25, 0.3) is 0 Å². The molecule has 5 heteroatoms. The summed E-state index contributed by atoms with van der Waals surface area (Å²) < 4.78 is 18.3. The number of halogens is 2. The molecule has 0 spiro atoms. The monoisotopic (exact) mass is 265 g/mol. The maximum atomic E-state index is 12.9. The summed E-state index contributed by atoms with van der Waals surface area (Å²) in [7, 11) is 0. The average Bonchev–Trinajstić information content (AvgIpc) is 2.34. The number of benzene rings is 1. The minimum absolute atomic E-state index is 0.163. The van der Waals surface area contributed by atoms with Crippen LogP contribution in [-0.2, 0) is 0 Å². The molecule has 3 nitrogen and oxygen atoms in total. The summed E-state index contributed by atoms with van der Waals surface area (Å²) in [5.74, 6) is 0.204. The standard InChI is InChI=1S/C13H9ClFNO2/c1-8-4-9(7-17)6-16-13(8)18-12-3-2-10(15)5-11(12)14/h2-7H,1H3. The van der Waals surface area contributed by atoms with Crippen LogP contribution < -0.4 is 4.74 Å². The highest BCUT2D eigenvalue weighted by molar-refractivity contribution is 6.32. The fourth-order valence-electron chi connectivity index (χ4n) is 1.42. The SMILES string of the molecule is Cc1cc(C=O)cnc1Oc1ccc(F)cc1Cl. The minimum Gasteiger partial charge on any atom is -0.437 e. The molecule has 0 aliphatic heterocycles. The molecule has 0 fully saturated rings. The van der Waals surface area contributed by atoms with Crippen molar-refractivity contribution in [3.63, 3.8) is 0 Å². The van der Waals surface area contributed by atoms with E-state index in [-0.39, 0.29) is 5.02 Å². The highest BCUT2D eigenvalue weighted by atomic mass is 35.5. The number of aromatic nitrogens is 1. The molecule has 0 atom stereocenters. The van der Waals surface area contributed by atoms with Crippen LogP contribution in [0.2, 0.25) is 5.02 Å². The number of carbonyl (C=O) groups is 1. The van der Waals surface area contributed by atoms with Gasteiger partial charge in [-0.05, 0) is 31.2 Å². The lowest BCUT2D eigenvalue weighted by Gasteiger charge is -2.09. The van der Waals surface area contributed by atoms with Crippen LogP contribution >= 0.6 is 11.6 Å². The van der Waals surface area contributed by atoms with Crippen LogP contribution in [0.5, 0.6) is 11.6 Å². The average molecular weight is 266 g/mol. The number of aldehydes is 1. The van der Waals surface area contributed by atoms with Gasteiger partial charge in [0.05, 0.1) is 5.02 Å². The Bertz CT molecular complexity index is 602. The normalized spacial score (nSPS) is 10.2. The van der Waals surface area contributed by atoms with Crippen molar-refractivity contribution in [2.24, 2.45) is 0 Å². The fourth-order valence-corrected chi connectivity index (χ4v) is 1.62. The van der Waals surface area contributed by atoms with Crippen molar-refractivity contribution in [2.45, 2.75) is 6.92 Å². The number of hydrogen-bond donors (Lipinski definition) is 0. The van der Waals surface area contributed by atoms with Gasteiger partial charge >= 0.3 is 0 Å². The lowest BCUT2D eigenvalue weighted by molar-refractivity contribution is 0.112. The topological polar surface area (TPSA) is 39.2 Å². The van der Waals surface area contributed by atoms with Crippen molar-refractivity contribution in [3.05, 3.63) is 52.4 Å². The zero-order chi connectivity index (χ0) is 13.1. The third-order valence-corrected chi connectivity index (χ3v) is 2.58. The van der Waals surface area contributed by atoms with Gasteiger partial charge in [0.15, 0.2) is 6.29 Å². The first-order valence-electron chi connectivity index (χ1n) is 5.15. The third kappa shape index (κ3) is 2.65. The second kappa shape index (κ2) is 5.14. The van der Waals surface area contributed by atoms with Gasteiger partial charge in [0, 0.05) is 17.3 Å². The van der Waals surface area contributed by atoms with Crippen molar-refractivity contribution in [3.8, 4) is 11.6 Å². The summed E-state index contributed by atoms with van der Waals surface area (Å²) in [6.45, 7) is 1.76. The molecule has 1 aromatic heterocycles. The molecule has 0 aliphatic rings. The maximum absolute atomic E-state index is 12.9. The largest absolute Gasteiger partial charge is 0.437 e. The van der Waals surface area contributed by atoms with E-state index in [1.165, 1.54) is 18.3 Å². The number of hydrogen-bond acceptors (Lipinski definition) is 3. The van der Waals surface area contributed by atoms with E-state index in [4.69, 9.17) is 16.3 Å². The quantitative estimate of drug-likeness (QED) is 0.793. The van der Waals surface area contributed by atoms with Crippen molar-refractivity contribution >= 4 is 17.9 Å². The Kier molecular flexibility index (Phi) is 3.58. The lowest BCUT2D eigenvalue weighted by atomic mass is 10.2. The Morgan fingerprint density at radius 3 is 2.78 bits per heavy atom. The van der Waals surface area contributed by atoms with E-state index in [0.717, 1.165) is 6.07 Å². The summed E-state index contributed by atoms with van der Waals surface area (Å²) >= 11 is 5.84. The van der Waals surface area contributed by atoms with Crippen LogP contribution in [0, 0.1) is 12.7 Å². The van der Waals surface area contributed by atoms with Crippen LogP contribution in [0.4, 0.5) is 4.39 Å². The van der Waals surface area contributed by atoms with Crippen molar-refractivity contribution in [1.29, 1.82) is 0 Å². The summed E-state index contributed by atoms with van der Waals surface area (Å²) in [5, 5.41) is 0.163. The fraction of sp³-hybridized carbons (Fsp3) is 0.0769. The summed E-state index contributed by atoms with van der Waals surface area (Å²) in [6.07, 6.45) is 2.10. The van der Waals surface area contributed by atoms with E-state index in [1.807, 2.05) is 0 Å². The molecule has 2 aromatic rings. The van der Waals surface area contributed by atoms with Crippen molar-refractivity contribution in [1.82, 2.24) is 4.98 Å². The van der Waals surface area contributed by atoms with Gasteiger partial charge in [-0.2, -0.15) is 0 Å². The zero-order valence-corrected chi connectivity index (χ0v) is 10.2. The van der Waals surface area contributed by atoms with Gasteiger partial charge in [0.2, 0.25) is 5.88 Å². The molecular formula is C13H9ClFNO2. The second-order valence-corrected chi connectivity index (χ2v) is 4.09. The summed E-state index contributed by atoms with van der Waals surface area (Å²) in [6, 6.07) is 5.47. The lowest BCUT2D eigenvalue weighted by Crippen LogP contribution is -1.94. The van der Waals surface area contributed by atoms with Crippen LogP contribution in [0.1, 0.15) is 15.9 Å². The van der Waals surface area contributed by atoms with Gasteiger partial charge in [0.1, 0.15) is 11.6 Å². The van der Waals surface area contributed by atoms with E-state index < -0.39 is 5.82 Å². The van der Waals surface area contributed by atoms with E-state index in [0.29, 0.717) is 29.0 Å². The Morgan fingerprint density at radius 2 is 2.17 bits per heavy atom. The first kappa shape index (κ1) is 12.5. The Hall–Kier alpha value is -1.94. The predicted octanol–water partition coefficient (Wildman–Crippen LogP) is 3.79. The first-order valence-corrected chi connectivity index (χ1v) is 5.52. The third-order valence-electron chi connectivity index (χ3n) is 2.29. The number of pyridine rings is 1. The molecule has 0 amide bonds. The van der Waals surface area contributed by atoms with Gasteiger partial charge in [-0.25, -0.2) is 9.37 Å².